The second-order valence-corrected chi connectivity index (χ2v) is 1.34. The Balaban J connectivity index is -0.00000000800. The van der Waals surface area contributed by atoms with Gasteiger partial charge in [-0.05, 0) is 0 Å². The van der Waals surface area contributed by atoms with Crippen molar-refractivity contribution in [2.24, 2.45) is 0 Å². The maximum absolute atomic E-state index is 8.55. The smallest absolute Gasteiger partial charge is 0.822 e. The maximum Gasteiger partial charge on any atom is 2.00 e. The Morgan fingerprint density at radius 3 is 0.800 bits per heavy atom. The monoisotopic (exact) mass is 231 g/mol. The molecule has 0 saturated heterocycles. The van der Waals surface area contributed by atoms with Gasteiger partial charge >= 0.3 is 130 Å². The van der Waals surface area contributed by atoms with E-state index in [1.54, 1.807) is 0 Å². The Kier molecular flexibility index (Phi) is 69.9. The van der Waals surface area contributed by atoms with E-state index < -0.39 is 7.82 Å². The molecule has 0 aromatic carbocycles. The fourth-order valence-electron chi connectivity index (χ4n) is 0. The first-order valence-electron chi connectivity index (χ1n) is 0.730. The summed E-state index contributed by atoms with van der Waals surface area (Å²) in [6, 6.07) is 0. The van der Waals surface area contributed by atoms with Crippen LogP contribution in [0.5, 0.6) is 0 Å². The summed E-state index contributed by atoms with van der Waals surface area (Å²) in [7, 11) is -5.39. The summed E-state index contributed by atoms with van der Waals surface area (Å²) < 4.78 is 8.55. The number of hydrogen-bond donors (Lipinski definition) is 0. The van der Waals surface area contributed by atoms with Crippen LogP contribution in [-0.2, 0) is 4.57 Å². The quantitative estimate of drug-likeness (QED) is 0.310. The summed E-state index contributed by atoms with van der Waals surface area (Å²) >= 11 is 0. The van der Waals surface area contributed by atoms with E-state index >= 15 is 0 Å². The van der Waals surface area contributed by atoms with Gasteiger partial charge in [0.1, 0.15) is 0 Å². The van der Waals surface area contributed by atoms with Gasteiger partial charge in [-0.25, -0.2) is 0 Å². The first kappa shape index (κ1) is 36.6. The molecular formula is CaMg4O4P+7. The average molecular weight is 232 g/mol. The van der Waals surface area contributed by atoms with Gasteiger partial charge in [0.05, 0.1) is 0 Å². The van der Waals surface area contributed by atoms with E-state index in [2.05, 4.69) is 0 Å². The predicted molar refractivity (Wildman–Crippen MR) is 36.4 cm³/mol. The van der Waals surface area contributed by atoms with Gasteiger partial charge in [-0.15, -0.1) is 0 Å². The summed E-state index contributed by atoms with van der Waals surface area (Å²) in [6.45, 7) is 0. The predicted octanol–water partition coefficient (Wildman–Crippen LogP) is -4.73. The van der Waals surface area contributed by atoms with Gasteiger partial charge in [0.25, 0.3) is 0 Å². The molecule has 10 heavy (non-hydrogen) atoms. The molecule has 32 valence electrons. The minimum Gasteiger partial charge on any atom is -0.822 e. The molecular weight excluding hydrogens is 232 g/mol. The molecule has 0 aliphatic heterocycles. The molecule has 0 aliphatic rings. The van der Waals surface area contributed by atoms with E-state index in [4.69, 9.17) is 19.2 Å². The Hall–Kier alpha value is 4.43. The van der Waals surface area contributed by atoms with Crippen molar-refractivity contribution in [3.05, 3.63) is 0 Å². The fourth-order valence-corrected chi connectivity index (χ4v) is 0. The Labute approximate surface area is 154 Å². The number of rotatable bonds is 0. The molecule has 0 atom stereocenters. The molecule has 0 bridgehead atoms. The van der Waals surface area contributed by atoms with Crippen LogP contribution in [0.4, 0.5) is 0 Å². The molecule has 0 saturated carbocycles. The van der Waals surface area contributed by atoms with Crippen molar-refractivity contribution < 1.29 is 19.2 Å². The first-order chi connectivity index (χ1) is 2.00. The van der Waals surface area contributed by atoms with Crippen molar-refractivity contribution in [1.82, 2.24) is 0 Å². The average Bonchev–Trinajstić information content (AvgIpc) is 0.722. The van der Waals surface area contributed by atoms with Crippen LogP contribution >= 0.6 is 7.82 Å². The van der Waals surface area contributed by atoms with E-state index in [0.29, 0.717) is 0 Å². The van der Waals surface area contributed by atoms with Crippen LogP contribution in [0.25, 0.3) is 0 Å². The minimum atomic E-state index is -5.39. The van der Waals surface area contributed by atoms with Crippen molar-refractivity contribution in [3.63, 3.8) is 0 Å². The van der Waals surface area contributed by atoms with Gasteiger partial charge in [-0.2, -0.15) is 7.82 Å². The maximum atomic E-state index is 8.55. The molecule has 0 fully saturated rings. The van der Waals surface area contributed by atoms with Crippen LogP contribution in [0.15, 0.2) is 0 Å². The second kappa shape index (κ2) is 19.1. The Morgan fingerprint density at radius 1 is 0.800 bits per heavy atom. The SMILES string of the molecule is O=P([O-])([O-])[O-].[Ca+2].[Mg+2].[Mg+2].[Mg+2].[Mg+2]. The molecule has 0 spiro atoms. The summed E-state index contributed by atoms with van der Waals surface area (Å²) in [4.78, 5) is 25.6. The third kappa shape index (κ3) is 82.7. The summed E-state index contributed by atoms with van der Waals surface area (Å²) in [5.74, 6) is 0. The van der Waals surface area contributed by atoms with Crippen molar-refractivity contribution in [2.45, 2.75) is 0 Å². The molecule has 0 aliphatic carbocycles. The van der Waals surface area contributed by atoms with Gasteiger partial charge in [-0.3, -0.25) is 0 Å². The van der Waals surface area contributed by atoms with E-state index in [1.165, 1.54) is 0 Å². The summed E-state index contributed by atoms with van der Waals surface area (Å²) in [6.07, 6.45) is 0. The number of phosphoric acid groups is 1. The second-order valence-electron chi connectivity index (χ2n) is 0.447. The normalized spacial score (nSPS) is 5.90. The standard InChI is InChI=1S/Ca.4Mg.H3O4P/c;;;;;1-5(2,3)4/h;;;;;(H3,1,2,3,4)/q5*+2;/p-3. The van der Waals surface area contributed by atoms with Crippen LogP contribution in [0.3, 0.4) is 0 Å². The Bertz CT molecular complexity index is 63.4. The molecule has 0 N–H and O–H groups in total. The molecule has 0 rings (SSSR count). The first-order valence-corrected chi connectivity index (χ1v) is 2.19. The molecule has 0 heterocycles. The van der Waals surface area contributed by atoms with E-state index in [0.717, 1.165) is 0 Å². The van der Waals surface area contributed by atoms with E-state index in [1.807, 2.05) is 0 Å². The van der Waals surface area contributed by atoms with Crippen LogP contribution < -0.4 is 14.7 Å². The molecule has 4 nitrogen and oxygen atoms in total. The third-order valence-electron chi connectivity index (χ3n) is 0. The largest absolute Gasteiger partial charge is 2.00 e. The third-order valence-corrected chi connectivity index (χ3v) is 0. The van der Waals surface area contributed by atoms with Gasteiger partial charge < -0.3 is 19.2 Å². The molecule has 10 heteroatoms. The van der Waals surface area contributed by atoms with Crippen LogP contribution in [-0.4, -0.2) is 130 Å². The number of hydrogen-bond acceptors (Lipinski definition) is 4. The van der Waals surface area contributed by atoms with Crippen molar-refractivity contribution in [2.75, 3.05) is 0 Å². The van der Waals surface area contributed by atoms with Crippen LogP contribution in [0.1, 0.15) is 0 Å². The van der Waals surface area contributed by atoms with Gasteiger partial charge in [-0.1, -0.05) is 0 Å². The zero-order chi connectivity index (χ0) is 4.50. The zero-order valence-electron chi connectivity index (χ0n) is 5.62. The Morgan fingerprint density at radius 2 is 0.800 bits per heavy atom. The van der Waals surface area contributed by atoms with Crippen molar-refractivity contribution in [1.29, 1.82) is 0 Å². The molecule has 0 radical (unpaired) electrons. The van der Waals surface area contributed by atoms with Gasteiger partial charge in [0.2, 0.25) is 0 Å². The van der Waals surface area contributed by atoms with Crippen LogP contribution in [0.2, 0.25) is 0 Å². The molecule has 0 aromatic rings. The minimum absolute atomic E-state index is 0. The van der Waals surface area contributed by atoms with Gasteiger partial charge in [0, 0.05) is 0 Å². The van der Waals surface area contributed by atoms with Crippen molar-refractivity contribution in [3.8, 4) is 0 Å². The summed E-state index contributed by atoms with van der Waals surface area (Å²) in [5.41, 5.74) is 0. The van der Waals surface area contributed by atoms with Crippen LogP contribution in [0, 0.1) is 0 Å². The fraction of sp³-hybridized carbons (Fsp3) is 0. The zero-order valence-corrected chi connectivity index (χ0v) is 14.4. The summed E-state index contributed by atoms with van der Waals surface area (Å²) in [5, 5.41) is 0. The molecule has 0 aromatic heterocycles. The van der Waals surface area contributed by atoms with Crippen molar-refractivity contribution >= 4 is 138 Å². The molecule has 0 unspecified atom stereocenters. The van der Waals surface area contributed by atoms with E-state index in [-0.39, 0.29) is 130 Å². The van der Waals surface area contributed by atoms with E-state index in [9.17, 15) is 0 Å². The molecule has 0 amide bonds. The topological polar surface area (TPSA) is 86.2 Å². The van der Waals surface area contributed by atoms with Gasteiger partial charge in [0.15, 0.2) is 0 Å².